The molecule has 136 valence electrons. The number of aryl methyl sites for hydroxylation is 2. The minimum Gasteiger partial charge on any atom is -0.308 e. The summed E-state index contributed by atoms with van der Waals surface area (Å²) in [5.41, 5.74) is 1.83. The fourth-order valence-electron chi connectivity index (χ4n) is 3.72. The average molecular weight is 373 g/mol. The van der Waals surface area contributed by atoms with Gasteiger partial charge < -0.3 is 4.98 Å². The van der Waals surface area contributed by atoms with Crippen molar-refractivity contribution in [3.63, 3.8) is 0 Å². The zero-order valence-electron chi connectivity index (χ0n) is 14.8. The lowest BCUT2D eigenvalue weighted by molar-refractivity contribution is -0.386. The number of nitrogens with one attached hydrogen (secondary N) is 1. The van der Waals surface area contributed by atoms with Crippen molar-refractivity contribution >= 4 is 27.2 Å². The molecule has 4 rings (SSSR count). The van der Waals surface area contributed by atoms with Gasteiger partial charge in [0.1, 0.15) is 22.0 Å². The van der Waals surface area contributed by atoms with E-state index in [1.54, 1.807) is 25.2 Å². The molecule has 0 radical (unpaired) electrons. The van der Waals surface area contributed by atoms with E-state index in [0.29, 0.717) is 28.5 Å². The predicted molar refractivity (Wildman–Crippen MR) is 98.9 cm³/mol. The molecule has 0 saturated heterocycles. The third kappa shape index (κ3) is 2.63. The molecule has 0 unspecified atom stereocenters. The highest BCUT2D eigenvalue weighted by Crippen LogP contribution is 2.35. The molecule has 1 N–H and O–H groups in total. The Labute approximate surface area is 153 Å². The fraction of sp³-hybridized carbons (Fsp3) is 0.471. The van der Waals surface area contributed by atoms with Gasteiger partial charge in [0, 0.05) is 4.88 Å². The van der Waals surface area contributed by atoms with Crippen LogP contribution < -0.4 is 5.56 Å². The lowest BCUT2D eigenvalue weighted by atomic mass is 9.89. The summed E-state index contributed by atoms with van der Waals surface area (Å²) in [4.78, 5) is 32.8. The molecule has 9 heteroatoms. The van der Waals surface area contributed by atoms with Gasteiger partial charge in [-0.15, -0.1) is 11.3 Å². The van der Waals surface area contributed by atoms with Crippen LogP contribution in [0.4, 0.5) is 5.69 Å². The molecular weight excluding hydrogens is 354 g/mol. The summed E-state index contributed by atoms with van der Waals surface area (Å²) in [6.45, 7) is 5.69. The lowest BCUT2D eigenvalue weighted by Gasteiger charge is -2.17. The number of rotatable bonds is 3. The van der Waals surface area contributed by atoms with Gasteiger partial charge in [-0.3, -0.25) is 19.6 Å². The number of nitro groups is 1. The molecule has 3 aromatic heterocycles. The maximum atomic E-state index is 12.6. The van der Waals surface area contributed by atoms with E-state index in [-0.39, 0.29) is 17.8 Å². The summed E-state index contributed by atoms with van der Waals surface area (Å²) in [6, 6.07) is 0. The molecule has 3 aromatic rings. The Hall–Kier alpha value is -2.55. The minimum absolute atomic E-state index is 0.00833. The van der Waals surface area contributed by atoms with Gasteiger partial charge in [0.2, 0.25) is 0 Å². The summed E-state index contributed by atoms with van der Waals surface area (Å²) in [7, 11) is 0. The topological polar surface area (TPSA) is 107 Å². The standard InChI is InChI=1S/C17H19N5O3S/c1-8-4-5-11-12(6-8)26-17-14(11)16(23)18-13(19-17)7-21-10(3)15(22(24)25)9(2)20-21/h8H,4-7H2,1-3H3,(H,18,19,23)/t8-/m0/s1. The van der Waals surface area contributed by atoms with Crippen molar-refractivity contribution in [3.8, 4) is 0 Å². The second kappa shape index (κ2) is 6.01. The Morgan fingerprint density at radius 3 is 2.88 bits per heavy atom. The number of H-pyrrole nitrogens is 1. The molecule has 3 heterocycles. The van der Waals surface area contributed by atoms with Gasteiger partial charge in [-0.25, -0.2) is 4.98 Å². The number of hydrogen-bond acceptors (Lipinski definition) is 6. The predicted octanol–water partition coefficient (Wildman–Crippen LogP) is 2.88. The second-order valence-electron chi connectivity index (χ2n) is 6.98. The van der Waals surface area contributed by atoms with Gasteiger partial charge in [0.15, 0.2) is 0 Å². The van der Waals surface area contributed by atoms with Crippen molar-refractivity contribution in [1.29, 1.82) is 0 Å². The number of hydrogen-bond donors (Lipinski definition) is 1. The van der Waals surface area contributed by atoms with Crippen LogP contribution in [0.3, 0.4) is 0 Å². The Bertz CT molecular complexity index is 1090. The van der Waals surface area contributed by atoms with E-state index in [2.05, 4.69) is 22.0 Å². The third-order valence-corrected chi connectivity index (χ3v) is 6.19. The largest absolute Gasteiger partial charge is 0.312 e. The van der Waals surface area contributed by atoms with Crippen LogP contribution in [0.1, 0.15) is 41.0 Å². The Kier molecular flexibility index (Phi) is 3.91. The molecule has 1 aliphatic carbocycles. The van der Waals surface area contributed by atoms with Crippen molar-refractivity contribution in [2.75, 3.05) is 0 Å². The van der Waals surface area contributed by atoms with E-state index in [0.717, 1.165) is 29.7 Å². The van der Waals surface area contributed by atoms with Gasteiger partial charge in [-0.1, -0.05) is 6.92 Å². The first-order valence-corrected chi connectivity index (χ1v) is 9.38. The second-order valence-corrected chi connectivity index (χ2v) is 8.06. The molecular formula is C17H19N5O3S. The van der Waals surface area contributed by atoms with E-state index < -0.39 is 4.92 Å². The molecule has 0 saturated carbocycles. The van der Waals surface area contributed by atoms with Crippen molar-refractivity contribution < 1.29 is 4.92 Å². The fourth-order valence-corrected chi connectivity index (χ4v) is 5.12. The number of thiophene rings is 1. The van der Waals surface area contributed by atoms with Crippen molar-refractivity contribution in [3.05, 3.63) is 48.1 Å². The van der Waals surface area contributed by atoms with Crippen LogP contribution in [-0.4, -0.2) is 24.7 Å². The molecule has 8 nitrogen and oxygen atoms in total. The number of fused-ring (bicyclic) bond motifs is 3. The molecule has 0 aliphatic heterocycles. The van der Waals surface area contributed by atoms with Gasteiger partial charge in [-0.05, 0) is 44.6 Å². The molecule has 0 aromatic carbocycles. The van der Waals surface area contributed by atoms with Crippen molar-refractivity contribution in [2.24, 2.45) is 5.92 Å². The molecule has 0 amide bonds. The molecule has 1 atom stereocenters. The number of aromatic nitrogens is 4. The molecule has 0 fully saturated rings. The highest BCUT2D eigenvalue weighted by Gasteiger charge is 2.24. The van der Waals surface area contributed by atoms with E-state index in [9.17, 15) is 14.9 Å². The minimum atomic E-state index is -0.429. The summed E-state index contributed by atoms with van der Waals surface area (Å²) >= 11 is 1.59. The van der Waals surface area contributed by atoms with Crippen LogP contribution in [0.15, 0.2) is 4.79 Å². The van der Waals surface area contributed by atoms with Gasteiger partial charge in [-0.2, -0.15) is 5.10 Å². The lowest BCUT2D eigenvalue weighted by Crippen LogP contribution is -2.17. The Morgan fingerprint density at radius 2 is 2.19 bits per heavy atom. The van der Waals surface area contributed by atoms with Gasteiger partial charge in [0.05, 0.1) is 16.9 Å². The van der Waals surface area contributed by atoms with E-state index >= 15 is 0 Å². The van der Waals surface area contributed by atoms with Crippen molar-refractivity contribution in [1.82, 2.24) is 19.7 Å². The van der Waals surface area contributed by atoms with Gasteiger partial charge >= 0.3 is 5.69 Å². The third-order valence-electron chi connectivity index (χ3n) is 5.04. The molecule has 0 bridgehead atoms. The summed E-state index contributed by atoms with van der Waals surface area (Å²) in [6.07, 6.45) is 3.01. The van der Waals surface area contributed by atoms with Crippen LogP contribution >= 0.6 is 11.3 Å². The quantitative estimate of drug-likeness (QED) is 0.561. The monoisotopic (exact) mass is 373 g/mol. The Morgan fingerprint density at radius 1 is 1.42 bits per heavy atom. The highest BCUT2D eigenvalue weighted by atomic mass is 32.1. The van der Waals surface area contributed by atoms with E-state index in [4.69, 9.17) is 0 Å². The summed E-state index contributed by atoms with van der Waals surface area (Å²) in [5.74, 6) is 1.10. The SMILES string of the molecule is Cc1nn(Cc2nc3sc4c(c3c(=O)[nH]2)CC[C@H](C)C4)c(C)c1[N+](=O)[O-]. The average Bonchev–Trinajstić information content (AvgIpc) is 3.04. The molecule has 26 heavy (non-hydrogen) atoms. The van der Waals surface area contributed by atoms with Crippen LogP contribution in [-0.2, 0) is 19.4 Å². The molecule has 0 spiro atoms. The zero-order valence-corrected chi connectivity index (χ0v) is 15.6. The van der Waals surface area contributed by atoms with E-state index in [1.165, 1.54) is 9.56 Å². The highest BCUT2D eigenvalue weighted by molar-refractivity contribution is 7.18. The molecule has 1 aliphatic rings. The zero-order chi connectivity index (χ0) is 18.6. The smallest absolute Gasteiger partial charge is 0.308 e. The van der Waals surface area contributed by atoms with Crippen LogP contribution in [0.2, 0.25) is 0 Å². The van der Waals surface area contributed by atoms with Crippen LogP contribution in [0.25, 0.3) is 10.2 Å². The Balaban J connectivity index is 1.76. The maximum absolute atomic E-state index is 12.6. The first-order chi connectivity index (χ1) is 12.3. The van der Waals surface area contributed by atoms with Crippen LogP contribution in [0.5, 0.6) is 0 Å². The number of nitrogens with zero attached hydrogens (tertiary/aromatic N) is 4. The van der Waals surface area contributed by atoms with Crippen LogP contribution in [0, 0.1) is 29.9 Å². The summed E-state index contributed by atoms with van der Waals surface area (Å²) < 4.78 is 1.52. The maximum Gasteiger partial charge on any atom is 0.312 e. The van der Waals surface area contributed by atoms with E-state index in [1.807, 2.05) is 0 Å². The van der Waals surface area contributed by atoms with Crippen molar-refractivity contribution in [2.45, 2.75) is 46.6 Å². The van der Waals surface area contributed by atoms with Gasteiger partial charge in [0.25, 0.3) is 5.56 Å². The first-order valence-electron chi connectivity index (χ1n) is 8.57. The number of aromatic amines is 1. The summed E-state index contributed by atoms with van der Waals surface area (Å²) in [5, 5.41) is 16.1. The first kappa shape index (κ1) is 16.9. The normalized spacial score (nSPS) is 16.8.